The third kappa shape index (κ3) is 8.12. The molecule has 6 aromatic rings. The number of imidazole rings is 2. The first-order valence-electron chi connectivity index (χ1n) is 20.4. The first-order chi connectivity index (χ1) is 27.8. The summed E-state index contributed by atoms with van der Waals surface area (Å²) < 4.78 is 9.72. The smallest absolute Gasteiger partial charge is 0.308 e. The lowest BCUT2D eigenvalue weighted by Gasteiger charge is -2.38. The number of benzene rings is 4. The van der Waals surface area contributed by atoms with E-state index < -0.39 is 5.97 Å². The number of aliphatic carboxylic acids is 1. The summed E-state index contributed by atoms with van der Waals surface area (Å²) >= 11 is 0. The number of nitrogens with zero attached hydrogens (tertiary/aromatic N) is 7. The number of ether oxygens (including phenoxy) is 1. The number of anilines is 2. The summed E-state index contributed by atoms with van der Waals surface area (Å²) in [5.74, 6) is 1.30. The minimum atomic E-state index is -0.698. The number of aryl methyl sites for hydroxylation is 2. The van der Waals surface area contributed by atoms with Crippen molar-refractivity contribution in [3.05, 3.63) is 97.1 Å². The Morgan fingerprint density at radius 3 is 1.61 bits per heavy atom. The maximum absolute atomic E-state index is 13.2. The Bertz CT molecular complexity index is 2360. The summed E-state index contributed by atoms with van der Waals surface area (Å²) in [5.41, 5.74) is 8.62. The molecule has 3 aliphatic heterocycles. The molecule has 296 valence electrons. The molecule has 0 spiro atoms. The molecule has 0 bridgehead atoms. The Morgan fingerprint density at radius 1 is 0.632 bits per heavy atom. The van der Waals surface area contributed by atoms with Gasteiger partial charge < -0.3 is 33.7 Å². The zero-order valence-corrected chi connectivity index (χ0v) is 33.3. The summed E-state index contributed by atoms with van der Waals surface area (Å²) in [6.07, 6.45) is 5.87. The number of hydrogen-bond acceptors (Lipinski definition) is 7. The van der Waals surface area contributed by atoms with Crippen molar-refractivity contribution in [3.63, 3.8) is 0 Å². The van der Waals surface area contributed by atoms with Gasteiger partial charge in [0.1, 0.15) is 11.6 Å². The molecule has 11 heteroatoms. The van der Waals surface area contributed by atoms with Crippen molar-refractivity contribution in [2.75, 3.05) is 56.2 Å². The molecule has 2 atom stereocenters. The van der Waals surface area contributed by atoms with Gasteiger partial charge in [0, 0.05) is 83.0 Å². The van der Waals surface area contributed by atoms with Crippen LogP contribution in [0.2, 0.25) is 0 Å². The summed E-state index contributed by atoms with van der Waals surface area (Å²) in [6.45, 7) is 4.87. The number of rotatable bonds is 7. The van der Waals surface area contributed by atoms with Crippen LogP contribution < -0.4 is 9.80 Å². The van der Waals surface area contributed by atoms with Crippen molar-refractivity contribution in [2.24, 2.45) is 25.9 Å². The van der Waals surface area contributed by atoms with Crippen molar-refractivity contribution in [3.8, 4) is 22.8 Å². The fourth-order valence-electron chi connectivity index (χ4n) is 8.89. The van der Waals surface area contributed by atoms with E-state index >= 15 is 0 Å². The molecule has 11 nitrogen and oxygen atoms in total. The average Bonchev–Trinajstić information content (AvgIpc) is 3.79. The van der Waals surface area contributed by atoms with Crippen molar-refractivity contribution in [1.82, 2.24) is 24.0 Å². The van der Waals surface area contributed by atoms with Gasteiger partial charge in [-0.15, -0.1) is 0 Å². The van der Waals surface area contributed by atoms with Crippen LogP contribution in [0.1, 0.15) is 38.5 Å². The molecule has 4 aromatic carbocycles. The number of amides is 1. The van der Waals surface area contributed by atoms with E-state index in [1.807, 2.05) is 43.4 Å². The second-order valence-corrected chi connectivity index (χ2v) is 15.7. The molecule has 5 heterocycles. The molecule has 3 saturated heterocycles. The number of hydrogen-bond donors (Lipinski definition) is 1. The fraction of sp³-hybridized carbons (Fsp3) is 0.391. The fourth-order valence-corrected chi connectivity index (χ4v) is 8.89. The van der Waals surface area contributed by atoms with E-state index in [0.29, 0.717) is 18.6 Å². The Labute approximate surface area is 334 Å². The number of para-hydroxylation sites is 4. The van der Waals surface area contributed by atoms with E-state index in [1.165, 1.54) is 5.69 Å². The Balaban J connectivity index is 0.000000165. The van der Waals surface area contributed by atoms with Gasteiger partial charge in [-0.3, -0.25) is 9.59 Å². The topological polar surface area (TPSA) is 109 Å². The highest BCUT2D eigenvalue weighted by atomic mass is 16.5. The monoisotopic (exact) mass is 767 g/mol. The minimum absolute atomic E-state index is 0.0715. The highest BCUT2D eigenvalue weighted by Gasteiger charge is 2.32. The first kappa shape index (κ1) is 38.2. The number of carbonyl (C=O) groups is 2. The molecule has 57 heavy (non-hydrogen) atoms. The van der Waals surface area contributed by atoms with Crippen LogP contribution in [0, 0.1) is 11.8 Å². The Morgan fingerprint density at radius 2 is 1.12 bits per heavy atom. The lowest BCUT2D eigenvalue weighted by molar-refractivity contribution is -0.142. The van der Waals surface area contributed by atoms with Crippen molar-refractivity contribution >= 4 is 45.3 Å². The zero-order valence-electron chi connectivity index (χ0n) is 33.3. The highest BCUT2D eigenvalue weighted by Crippen LogP contribution is 2.32. The van der Waals surface area contributed by atoms with E-state index in [4.69, 9.17) is 14.7 Å². The lowest BCUT2D eigenvalue weighted by atomic mass is 9.94. The van der Waals surface area contributed by atoms with Gasteiger partial charge in [-0.1, -0.05) is 48.5 Å². The largest absolute Gasteiger partial charge is 0.481 e. The lowest BCUT2D eigenvalue weighted by Crippen LogP contribution is -2.48. The number of fused-ring (bicyclic) bond motifs is 2. The van der Waals surface area contributed by atoms with E-state index in [0.717, 1.165) is 122 Å². The number of likely N-dealkylation sites (tertiary alicyclic amines) is 1. The Kier molecular flexibility index (Phi) is 11.3. The van der Waals surface area contributed by atoms with E-state index in [-0.39, 0.29) is 11.8 Å². The molecular formula is C46H53N7O4. The summed E-state index contributed by atoms with van der Waals surface area (Å²) in [6, 6.07) is 33.2. The summed E-state index contributed by atoms with van der Waals surface area (Å²) in [4.78, 5) is 40.8. The molecule has 3 fully saturated rings. The van der Waals surface area contributed by atoms with Crippen molar-refractivity contribution in [2.45, 2.75) is 44.6 Å². The second kappa shape index (κ2) is 16.8. The average molecular weight is 768 g/mol. The standard InChI is InChI=1S/C26H32N4O2.C20H21N3O2/c1-28-24-11-4-3-10-23(24)27-25(28)19-7-5-9-21(17-19)30-14-6-8-20(18-30)26(31)29-15-12-22(32-2)13-16-29;1-22-18-10-3-2-9-17(18)21-19(22)14-6-4-8-16(12-14)23-11-5-7-15(13-23)20(24)25/h3-5,7,9-11,17,20,22H,6,8,12-16,18H2,1-2H3;2-4,6,8-10,12,15H,5,7,11,13H2,1H3,(H,24,25)/t20-;15-/m11/s1. The van der Waals surface area contributed by atoms with Crippen LogP contribution >= 0.6 is 0 Å². The molecule has 0 radical (unpaired) electrons. The normalized spacial score (nSPS) is 19.1. The van der Waals surface area contributed by atoms with E-state index in [9.17, 15) is 14.7 Å². The number of carboxylic acids is 1. The van der Waals surface area contributed by atoms with Gasteiger partial charge in [0.05, 0.1) is 40.0 Å². The van der Waals surface area contributed by atoms with Gasteiger partial charge in [-0.05, 0) is 87.1 Å². The molecule has 2 aromatic heterocycles. The molecule has 9 rings (SSSR count). The van der Waals surface area contributed by atoms with Gasteiger partial charge in [0.25, 0.3) is 0 Å². The van der Waals surface area contributed by atoms with Gasteiger partial charge in [0.2, 0.25) is 5.91 Å². The van der Waals surface area contributed by atoms with Gasteiger partial charge in [-0.2, -0.15) is 0 Å². The maximum Gasteiger partial charge on any atom is 0.308 e. The molecule has 0 saturated carbocycles. The van der Waals surface area contributed by atoms with E-state index in [2.05, 4.69) is 91.5 Å². The van der Waals surface area contributed by atoms with E-state index in [1.54, 1.807) is 7.11 Å². The summed E-state index contributed by atoms with van der Waals surface area (Å²) in [5, 5.41) is 9.31. The van der Waals surface area contributed by atoms with Crippen LogP contribution in [0.4, 0.5) is 11.4 Å². The third-order valence-electron chi connectivity index (χ3n) is 12.1. The Hall–Kier alpha value is -5.68. The maximum atomic E-state index is 13.2. The number of carbonyl (C=O) groups excluding carboxylic acids is 1. The van der Waals surface area contributed by atoms with Gasteiger partial charge >= 0.3 is 5.97 Å². The molecule has 0 unspecified atom stereocenters. The number of carboxylic acid groups (broad SMARTS) is 1. The highest BCUT2D eigenvalue weighted by molar-refractivity contribution is 5.83. The van der Waals surface area contributed by atoms with Crippen molar-refractivity contribution in [1.29, 1.82) is 0 Å². The molecule has 0 aliphatic carbocycles. The van der Waals surface area contributed by atoms with Crippen molar-refractivity contribution < 1.29 is 19.4 Å². The van der Waals surface area contributed by atoms with Gasteiger partial charge in [-0.25, -0.2) is 9.97 Å². The van der Waals surface area contributed by atoms with Crippen LogP contribution in [-0.4, -0.2) is 93.5 Å². The molecule has 1 N–H and O–H groups in total. The number of methoxy groups -OCH3 is 1. The van der Waals surface area contributed by atoms with Gasteiger partial charge in [0.15, 0.2) is 0 Å². The first-order valence-corrected chi connectivity index (χ1v) is 20.4. The minimum Gasteiger partial charge on any atom is -0.481 e. The second-order valence-electron chi connectivity index (χ2n) is 15.7. The molecule has 1 amide bonds. The predicted octanol–water partition coefficient (Wildman–Crippen LogP) is 7.64. The van der Waals surface area contributed by atoms with Crippen LogP contribution in [-0.2, 0) is 28.4 Å². The quantitative estimate of drug-likeness (QED) is 0.177. The van der Waals surface area contributed by atoms with Crippen LogP contribution in [0.3, 0.4) is 0 Å². The zero-order chi connectivity index (χ0) is 39.5. The molecule has 3 aliphatic rings. The number of piperidine rings is 3. The third-order valence-corrected chi connectivity index (χ3v) is 12.1. The van der Waals surface area contributed by atoms with Crippen LogP contribution in [0.25, 0.3) is 44.8 Å². The summed E-state index contributed by atoms with van der Waals surface area (Å²) in [7, 11) is 5.86. The van der Waals surface area contributed by atoms with Crippen LogP contribution in [0.5, 0.6) is 0 Å². The number of aromatic nitrogens is 4. The SMILES string of the molecule is COC1CCN(C(=O)[C@@H]2CCCN(c3cccc(-c4nc5ccccc5n4C)c3)C2)CC1.Cn1c(-c2cccc(N3CCC[C@@H](C(=O)O)C3)c2)nc2ccccc21. The molecular weight excluding hydrogens is 715 g/mol. The van der Waals surface area contributed by atoms with Crippen LogP contribution in [0.15, 0.2) is 97.1 Å². The predicted molar refractivity (Wildman–Crippen MR) is 226 cm³/mol.